The molecule has 88 valence electrons. The molecule has 1 fully saturated rings. The zero-order valence-corrected chi connectivity index (χ0v) is 9.83. The van der Waals surface area contributed by atoms with E-state index in [2.05, 4.69) is 0 Å². The number of carbonyl (C=O) groups is 1. The highest BCUT2D eigenvalue weighted by Gasteiger charge is 2.35. The largest absolute Gasteiger partial charge is 0.480 e. The molecule has 0 radical (unpaired) electrons. The molecule has 2 atom stereocenters. The molecule has 0 aromatic heterocycles. The van der Waals surface area contributed by atoms with Crippen molar-refractivity contribution in [3.8, 4) is 0 Å². The maximum absolute atomic E-state index is 11.0. The van der Waals surface area contributed by atoms with E-state index in [-0.39, 0.29) is 18.2 Å². The van der Waals surface area contributed by atoms with Crippen LogP contribution in [0.5, 0.6) is 0 Å². The van der Waals surface area contributed by atoms with Crippen LogP contribution in [0.25, 0.3) is 0 Å². The lowest BCUT2D eigenvalue weighted by molar-refractivity contribution is -0.146. The molecule has 0 aromatic carbocycles. The molecule has 2 unspecified atom stereocenters. The van der Waals surface area contributed by atoms with E-state index >= 15 is 0 Å². The molecule has 1 rings (SSSR count). The van der Waals surface area contributed by atoms with Crippen LogP contribution < -0.4 is 0 Å². The Balaban J connectivity index is 2.56. The average molecular weight is 235 g/mol. The first-order valence-corrected chi connectivity index (χ1v) is 7.03. The summed E-state index contributed by atoms with van der Waals surface area (Å²) in [5.74, 6) is -0.988. The van der Waals surface area contributed by atoms with Crippen molar-refractivity contribution >= 4 is 15.8 Å². The second kappa shape index (κ2) is 4.49. The zero-order chi connectivity index (χ0) is 11.6. The molecule has 0 aromatic rings. The number of likely N-dealkylation sites (tertiary alicyclic amines) is 1. The molecule has 5 nitrogen and oxygen atoms in total. The van der Waals surface area contributed by atoms with E-state index in [1.54, 1.807) is 0 Å². The fourth-order valence-corrected chi connectivity index (χ4v) is 2.41. The molecule has 0 saturated carbocycles. The highest BCUT2D eigenvalue weighted by molar-refractivity contribution is 7.90. The molecule has 6 heteroatoms. The van der Waals surface area contributed by atoms with Gasteiger partial charge in [0.2, 0.25) is 0 Å². The van der Waals surface area contributed by atoms with Crippen LogP contribution >= 0.6 is 0 Å². The Morgan fingerprint density at radius 1 is 1.60 bits per heavy atom. The number of carboxylic acid groups (broad SMARTS) is 1. The van der Waals surface area contributed by atoms with Crippen LogP contribution in [0.2, 0.25) is 0 Å². The van der Waals surface area contributed by atoms with E-state index in [9.17, 15) is 13.2 Å². The standard InChI is InChI=1S/C9H17NO4S/c1-7-3-5-10(7)8(9(11)12)4-6-15(2,13)14/h7-8H,3-6H2,1-2H3,(H,11,12). The summed E-state index contributed by atoms with van der Waals surface area (Å²) in [7, 11) is -3.08. The van der Waals surface area contributed by atoms with Gasteiger partial charge in [-0.25, -0.2) is 8.42 Å². The summed E-state index contributed by atoms with van der Waals surface area (Å²) in [5.41, 5.74) is 0. The van der Waals surface area contributed by atoms with Crippen molar-refractivity contribution < 1.29 is 18.3 Å². The fraction of sp³-hybridized carbons (Fsp3) is 0.889. The minimum Gasteiger partial charge on any atom is -0.480 e. The summed E-state index contributed by atoms with van der Waals surface area (Å²) in [6.45, 7) is 2.71. The summed E-state index contributed by atoms with van der Waals surface area (Å²) in [6, 6.07) is -0.394. The first-order chi connectivity index (χ1) is 6.81. The fourth-order valence-electron chi connectivity index (χ4n) is 1.76. The van der Waals surface area contributed by atoms with Crippen molar-refractivity contribution in [1.29, 1.82) is 0 Å². The number of nitrogens with zero attached hydrogens (tertiary/aromatic N) is 1. The van der Waals surface area contributed by atoms with Gasteiger partial charge in [-0.15, -0.1) is 0 Å². The number of carboxylic acids is 1. The minimum absolute atomic E-state index is 0.0623. The van der Waals surface area contributed by atoms with Crippen LogP contribution in [0, 0.1) is 0 Å². The van der Waals surface area contributed by atoms with Crippen LogP contribution in [0.15, 0.2) is 0 Å². The number of rotatable bonds is 5. The number of hydrogen-bond donors (Lipinski definition) is 1. The van der Waals surface area contributed by atoms with Gasteiger partial charge in [0.05, 0.1) is 5.75 Å². The second-order valence-corrected chi connectivity index (χ2v) is 6.41. The van der Waals surface area contributed by atoms with Gasteiger partial charge in [-0.3, -0.25) is 9.69 Å². The number of aliphatic carboxylic acids is 1. The Kier molecular flexibility index (Phi) is 3.72. The van der Waals surface area contributed by atoms with Crippen LogP contribution in [0.4, 0.5) is 0 Å². The first kappa shape index (κ1) is 12.4. The molecule has 1 N–H and O–H groups in total. The van der Waals surface area contributed by atoms with Crippen molar-refractivity contribution in [1.82, 2.24) is 4.90 Å². The highest BCUT2D eigenvalue weighted by Crippen LogP contribution is 2.22. The van der Waals surface area contributed by atoms with E-state index < -0.39 is 21.8 Å². The zero-order valence-electron chi connectivity index (χ0n) is 9.01. The molecule has 1 aliphatic heterocycles. The normalized spacial score (nSPS) is 24.5. The molecule has 1 aliphatic rings. The molecule has 1 saturated heterocycles. The van der Waals surface area contributed by atoms with Crippen LogP contribution in [-0.2, 0) is 14.6 Å². The molecule has 0 bridgehead atoms. The van der Waals surface area contributed by atoms with Crippen LogP contribution in [-0.4, -0.2) is 55.0 Å². The van der Waals surface area contributed by atoms with Crippen molar-refractivity contribution in [2.45, 2.75) is 31.8 Å². The molecular weight excluding hydrogens is 218 g/mol. The Hall–Kier alpha value is -0.620. The smallest absolute Gasteiger partial charge is 0.320 e. The highest BCUT2D eigenvalue weighted by atomic mass is 32.2. The lowest BCUT2D eigenvalue weighted by Gasteiger charge is -2.42. The summed E-state index contributed by atoms with van der Waals surface area (Å²) in [4.78, 5) is 12.8. The third kappa shape index (κ3) is 3.46. The van der Waals surface area contributed by atoms with Crippen molar-refractivity contribution in [2.75, 3.05) is 18.6 Å². The quantitative estimate of drug-likeness (QED) is 0.724. The van der Waals surface area contributed by atoms with E-state index in [1.807, 2.05) is 11.8 Å². The van der Waals surface area contributed by atoms with Gasteiger partial charge >= 0.3 is 5.97 Å². The van der Waals surface area contributed by atoms with E-state index in [4.69, 9.17) is 5.11 Å². The molecule has 0 spiro atoms. The van der Waals surface area contributed by atoms with Gasteiger partial charge in [-0.1, -0.05) is 0 Å². The number of hydrogen-bond acceptors (Lipinski definition) is 4. The predicted molar refractivity (Wildman–Crippen MR) is 56.5 cm³/mol. The summed E-state index contributed by atoms with van der Waals surface area (Å²) in [6.07, 6.45) is 2.30. The number of sulfone groups is 1. The summed E-state index contributed by atoms with van der Waals surface area (Å²) >= 11 is 0. The second-order valence-electron chi connectivity index (χ2n) is 4.15. The van der Waals surface area contributed by atoms with E-state index in [0.29, 0.717) is 0 Å². The average Bonchev–Trinajstić information content (AvgIpc) is 2.07. The first-order valence-electron chi connectivity index (χ1n) is 4.97. The monoisotopic (exact) mass is 235 g/mol. The van der Waals surface area contributed by atoms with Gasteiger partial charge in [-0.05, 0) is 19.8 Å². The maximum Gasteiger partial charge on any atom is 0.320 e. The maximum atomic E-state index is 11.0. The predicted octanol–water partition coefficient (Wildman–Crippen LogP) is -0.0315. The summed E-state index contributed by atoms with van der Waals surface area (Å²) in [5, 5.41) is 8.99. The SMILES string of the molecule is CC1CCN1C(CCS(C)(=O)=O)C(=O)O. The van der Waals surface area contributed by atoms with Gasteiger partial charge in [0.15, 0.2) is 0 Å². The van der Waals surface area contributed by atoms with Gasteiger partial charge < -0.3 is 5.11 Å². The van der Waals surface area contributed by atoms with E-state index in [0.717, 1.165) is 19.2 Å². The molecular formula is C9H17NO4S. The topological polar surface area (TPSA) is 74.7 Å². The molecule has 15 heavy (non-hydrogen) atoms. The van der Waals surface area contributed by atoms with Gasteiger partial charge in [0.25, 0.3) is 0 Å². The Morgan fingerprint density at radius 3 is 2.47 bits per heavy atom. The molecule has 1 heterocycles. The van der Waals surface area contributed by atoms with Gasteiger partial charge in [0.1, 0.15) is 15.9 Å². The van der Waals surface area contributed by atoms with Crippen LogP contribution in [0.1, 0.15) is 19.8 Å². The third-order valence-corrected chi connectivity index (χ3v) is 3.80. The van der Waals surface area contributed by atoms with Crippen molar-refractivity contribution in [3.05, 3.63) is 0 Å². The van der Waals surface area contributed by atoms with Crippen molar-refractivity contribution in [3.63, 3.8) is 0 Å². The van der Waals surface area contributed by atoms with Gasteiger partial charge in [-0.2, -0.15) is 0 Å². The van der Waals surface area contributed by atoms with Crippen molar-refractivity contribution in [2.24, 2.45) is 0 Å². The van der Waals surface area contributed by atoms with E-state index in [1.165, 1.54) is 0 Å². The Bertz CT molecular complexity index is 338. The third-order valence-electron chi connectivity index (χ3n) is 2.82. The Morgan fingerprint density at radius 2 is 2.20 bits per heavy atom. The lowest BCUT2D eigenvalue weighted by Crippen LogP contribution is -2.55. The minimum atomic E-state index is -3.08. The Labute approximate surface area is 90.0 Å². The van der Waals surface area contributed by atoms with Gasteiger partial charge in [0, 0.05) is 18.8 Å². The molecule has 0 aliphatic carbocycles. The molecule has 0 amide bonds. The summed E-state index contributed by atoms with van der Waals surface area (Å²) < 4.78 is 21.9. The lowest BCUT2D eigenvalue weighted by atomic mass is 10.0. The van der Waals surface area contributed by atoms with Crippen LogP contribution in [0.3, 0.4) is 0 Å².